The fourth-order valence-corrected chi connectivity index (χ4v) is 2.69. The summed E-state index contributed by atoms with van der Waals surface area (Å²) in [4.78, 5) is 10.7. The van der Waals surface area contributed by atoms with Crippen LogP contribution in [0.2, 0.25) is 0 Å². The summed E-state index contributed by atoms with van der Waals surface area (Å²) in [7, 11) is 0. The van der Waals surface area contributed by atoms with Crippen LogP contribution in [-0.2, 0) is 6.54 Å². The van der Waals surface area contributed by atoms with E-state index in [0.717, 1.165) is 5.92 Å². The van der Waals surface area contributed by atoms with Crippen LogP contribution in [0.4, 0.5) is 0 Å². The predicted octanol–water partition coefficient (Wildman–Crippen LogP) is 2.89. The Morgan fingerprint density at radius 2 is 2.28 bits per heavy atom. The molecule has 18 heavy (non-hydrogen) atoms. The summed E-state index contributed by atoms with van der Waals surface area (Å²) in [5.41, 5.74) is 0.219. The van der Waals surface area contributed by atoms with Gasteiger partial charge >= 0.3 is 5.97 Å². The maximum atomic E-state index is 10.7. The molecule has 0 bridgehead atoms. The Labute approximate surface area is 107 Å². The molecule has 0 amide bonds. The summed E-state index contributed by atoms with van der Waals surface area (Å²) >= 11 is 0. The lowest BCUT2D eigenvalue weighted by Gasteiger charge is -2.34. The Balaban J connectivity index is 1.88. The second-order valence-corrected chi connectivity index (χ2v) is 5.36. The Kier molecular flexibility index (Phi) is 4.07. The van der Waals surface area contributed by atoms with Crippen LogP contribution in [0.25, 0.3) is 0 Å². The van der Waals surface area contributed by atoms with Gasteiger partial charge in [-0.05, 0) is 24.3 Å². The third-order valence-electron chi connectivity index (χ3n) is 4.15. The van der Waals surface area contributed by atoms with E-state index in [4.69, 9.17) is 9.52 Å². The Hall–Kier alpha value is -1.29. The summed E-state index contributed by atoms with van der Waals surface area (Å²) in [5, 5.41) is 12.3. The fraction of sp³-hybridized carbons (Fsp3) is 0.643. The number of carboxylic acid groups (broad SMARTS) is 1. The van der Waals surface area contributed by atoms with Gasteiger partial charge < -0.3 is 14.8 Å². The van der Waals surface area contributed by atoms with Crippen molar-refractivity contribution in [2.24, 2.45) is 11.8 Å². The van der Waals surface area contributed by atoms with Crippen molar-refractivity contribution in [1.82, 2.24) is 5.32 Å². The number of furan rings is 1. The Morgan fingerprint density at radius 3 is 2.94 bits per heavy atom. The number of nitrogens with one attached hydrogen (secondary N) is 1. The Bertz CT molecular complexity index is 413. The zero-order valence-electron chi connectivity index (χ0n) is 11.0. The topological polar surface area (TPSA) is 62.5 Å². The molecule has 1 heterocycles. The van der Waals surface area contributed by atoms with Crippen molar-refractivity contribution in [3.63, 3.8) is 0 Å². The average Bonchev–Trinajstić information content (AvgIpc) is 2.80. The minimum absolute atomic E-state index is 0.219. The van der Waals surface area contributed by atoms with E-state index in [2.05, 4.69) is 19.2 Å². The first-order valence-corrected chi connectivity index (χ1v) is 6.62. The van der Waals surface area contributed by atoms with Crippen molar-refractivity contribution >= 4 is 5.97 Å². The van der Waals surface area contributed by atoms with Gasteiger partial charge in [-0.25, -0.2) is 4.79 Å². The number of carbonyl (C=O) groups is 1. The van der Waals surface area contributed by atoms with E-state index in [9.17, 15) is 4.79 Å². The minimum atomic E-state index is -0.940. The van der Waals surface area contributed by atoms with E-state index in [1.807, 2.05) is 0 Å². The van der Waals surface area contributed by atoms with Gasteiger partial charge in [0.15, 0.2) is 0 Å². The first kappa shape index (κ1) is 13.1. The van der Waals surface area contributed by atoms with Gasteiger partial charge in [-0.15, -0.1) is 0 Å². The number of carboxylic acids is 1. The number of aromatic carboxylic acids is 1. The van der Waals surface area contributed by atoms with Crippen molar-refractivity contribution in [3.05, 3.63) is 23.7 Å². The lowest BCUT2D eigenvalue weighted by molar-refractivity contribution is 0.0696. The standard InChI is InChI=1S/C14H21NO3/c1-9-4-3-5-13(10(9)2)15-7-12-6-11(8-18-12)14(16)17/h6,8-10,13,15H,3-5,7H2,1-2H3,(H,16,17). The van der Waals surface area contributed by atoms with Gasteiger partial charge in [0.25, 0.3) is 0 Å². The lowest BCUT2D eigenvalue weighted by atomic mass is 9.78. The molecule has 0 aromatic carbocycles. The maximum absolute atomic E-state index is 10.7. The van der Waals surface area contributed by atoms with E-state index in [1.54, 1.807) is 6.07 Å². The minimum Gasteiger partial charge on any atom is -0.478 e. The van der Waals surface area contributed by atoms with Crippen molar-refractivity contribution in [1.29, 1.82) is 0 Å². The normalized spacial score (nSPS) is 28.2. The molecule has 1 aliphatic rings. The number of rotatable bonds is 4. The summed E-state index contributed by atoms with van der Waals surface area (Å²) in [6.07, 6.45) is 5.06. The van der Waals surface area contributed by atoms with Gasteiger partial charge in [0.1, 0.15) is 12.0 Å². The zero-order valence-corrected chi connectivity index (χ0v) is 11.0. The van der Waals surface area contributed by atoms with Gasteiger partial charge in [0, 0.05) is 6.04 Å². The molecule has 0 spiro atoms. The average molecular weight is 251 g/mol. The molecule has 1 saturated carbocycles. The summed E-state index contributed by atoms with van der Waals surface area (Å²) in [5.74, 6) is 1.16. The van der Waals surface area contributed by atoms with Gasteiger partial charge in [0.2, 0.25) is 0 Å². The van der Waals surface area contributed by atoms with Crippen LogP contribution in [0.15, 0.2) is 16.7 Å². The first-order valence-electron chi connectivity index (χ1n) is 6.62. The highest BCUT2D eigenvalue weighted by molar-refractivity contribution is 5.87. The van der Waals surface area contributed by atoms with Crippen molar-refractivity contribution in [2.45, 2.75) is 45.7 Å². The predicted molar refractivity (Wildman–Crippen MR) is 68.5 cm³/mol. The highest BCUT2D eigenvalue weighted by Crippen LogP contribution is 2.29. The molecule has 0 radical (unpaired) electrons. The van der Waals surface area contributed by atoms with Crippen LogP contribution in [0.1, 0.15) is 49.2 Å². The molecular weight excluding hydrogens is 230 g/mol. The quantitative estimate of drug-likeness (QED) is 0.863. The molecule has 3 atom stereocenters. The van der Waals surface area contributed by atoms with Crippen LogP contribution in [-0.4, -0.2) is 17.1 Å². The van der Waals surface area contributed by atoms with E-state index in [0.29, 0.717) is 24.3 Å². The molecule has 3 unspecified atom stereocenters. The molecule has 0 saturated heterocycles. The van der Waals surface area contributed by atoms with Gasteiger partial charge in [-0.1, -0.05) is 26.7 Å². The van der Waals surface area contributed by atoms with Gasteiger partial charge in [0.05, 0.1) is 12.1 Å². The third kappa shape index (κ3) is 2.93. The first-order chi connectivity index (χ1) is 8.58. The summed E-state index contributed by atoms with van der Waals surface area (Å²) < 4.78 is 5.24. The van der Waals surface area contributed by atoms with E-state index in [-0.39, 0.29) is 5.56 Å². The van der Waals surface area contributed by atoms with Crippen LogP contribution >= 0.6 is 0 Å². The van der Waals surface area contributed by atoms with E-state index < -0.39 is 5.97 Å². The molecule has 1 aromatic rings. The largest absolute Gasteiger partial charge is 0.478 e. The van der Waals surface area contributed by atoms with Crippen molar-refractivity contribution in [2.75, 3.05) is 0 Å². The van der Waals surface area contributed by atoms with Crippen LogP contribution in [0.5, 0.6) is 0 Å². The molecule has 1 fully saturated rings. The summed E-state index contributed by atoms with van der Waals surface area (Å²) in [6, 6.07) is 2.10. The molecule has 2 N–H and O–H groups in total. The molecule has 0 aliphatic heterocycles. The highest BCUT2D eigenvalue weighted by atomic mass is 16.4. The van der Waals surface area contributed by atoms with Gasteiger partial charge in [-0.2, -0.15) is 0 Å². The molecular formula is C14H21NO3. The second-order valence-electron chi connectivity index (χ2n) is 5.36. The maximum Gasteiger partial charge on any atom is 0.338 e. The smallest absolute Gasteiger partial charge is 0.338 e. The highest BCUT2D eigenvalue weighted by Gasteiger charge is 2.26. The van der Waals surface area contributed by atoms with Crippen molar-refractivity contribution in [3.8, 4) is 0 Å². The molecule has 1 aliphatic carbocycles. The molecule has 4 heteroatoms. The molecule has 1 aromatic heterocycles. The van der Waals surface area contributed by atoms with E-state index >= 15 is 0 Å². The van der Waals surface area contributed by atoms with E-state index in [1.165, 1.54) is 25.5 Å². The van der Waals surface area contributed by atoms with Crippen LogP contribution in [0, 0.1) is 11.8 Å². The monoisotopic (exact) mass is 251 g/mol. The third-order valence-corrected chi connectivity index (χ3v) is 4.15. The molecule has 4 nitrogen and oxygen atoms in total. The molecule has 2 rings (SSSR count). The van der Waals surface area contributed by atoms with Crippen LogP contribution in [0.3, 0.4) is 0 Å². The Morgan fingerprint density at radius 1 is 1.50 bits per heavy atom. The lowest BCUT2D eigenvalue weighted by Crippen LogP contribution is -2.40. The van der Waals surface area contributed by atoms with Crippen LogP contribution < -0.4 is 5.32 Å². The second kappa shape index (κ2) is 5.57. The number of hydrogen-bond donors (Lipinski definition) is 2. The fourth-order valence-electron chi connectivity index (χ4n) is 2.69. The van der Waals surface area contributed by atoms with Crippen molar-refractivity contribution < 1.29 is 14.3 Å². The number of hydrogen-bond acceptors (Lipinski definition) is 3. The summed E-state index contributed by atoms with van der Waals surface area (Å²) in [6.45, 7) is 5.19. The molecule has 100 valence electrons. The van der Waals surface area contributed by atoms with Gasteiger partial charge in [-0.3, -0.25) is 0 Å². The SMILES string of the molecule is CC1CCCC(NCc2cc(C(=O)O)co2)C1C. The zero-order chi connectivity index (χ0) is 13.1.